The van der Waals surface area contributed by atoms with Gasteiger partial charge in [0, 0.05) is 18.2 Å². The molecular formula is C23H22N2O7S. The summed E-state index contributed by atoms with van der Waals surface area (Å²) in [7, 11) is -4.00. The molecule has 3 aromatic rings. The van der Waals surface area contributed by atoms with Gasteiger partial charge in [-0.3, -0.25) is 9.59 Å². The highest BCUT2D eigenvalue weighted by molar-refractivity contribution is 7.89. The zero-order valence-electron chi connectivity index (χ0n) is 17.6. The Labute approximate surface area is 190 Å². The Bertz CT molecular complexity index is 1290. The molecule has 0 unspecified atom stereocenters. The molecule has 2 N–H and O–H groups in total. The minimum Gasteiger partial charge on any atom is -0.490 e. The first-order valence-electron chi connectivity index (χ1n) is 10.2. The molecule has 4 rings (SSSR count). The molecule has 1 aliphatic rings. The first-order valence-corrected chi connectivity index (χ1v) is 11.7. The van der Waals surface area contributed by atoms with E-state index in [2.05, 4.69) is 10.0 Å². The van der Waals surface area contributed by atoms with Gasteiger partial charge in [0.1, 0.15) is 6.54 Å². The highest BCUT2D eigenvalue weighted by Gasteiger charge is 2.20. The van der Waals surface area contributed by atoms with Crippen LogP contribution in [0.5, 0.6) is 11.5 Å². The Balaban J connectivity index is 1.27. The van der Waals surface area contributed by atoms with E-state index in [-0.39, 0.29) is 4.90 Å². The van der Waals surface area contributed by atoms with Crippen molar-refractivity contribution in [3.63, 3.8) is 0 Å². The van der Waals surface area contributed by atoms with Crippen molar-refractivity contribution in [2.45, 2.75) is 11.3 Å². The van der Waals surface area contributed by atoms with Crippen molar-refractivity contribution in [3.8, 4) is 11.5 Å². The second-order valence-corrected chi connectivity index (χ2v) is 9.02. The molecular weight excluding hydrogens is 448 g/mol. The highest BCUT2D eigenvalue weighted by atomic mass is 32.2. The summed E-state index contributed by atoms with van der Waals surface area (Å²) < 4.78 is 43.0. The molecule has 0 saturated carbocycles. The average molecular weight is 471 g/mol. The van der Waals surface area contributed by atoms with Crippen LogP contribution in [0.15, 0.2) is 65.6 Å². The fraction of sp³-hybridized carbons (Fsp3) is 0.217. The number of carbonyl (C=O) groups excluding carboxylic acids is 2. The van der Waals surface area contributed by atoms with Gasteiger partial charge in [-0.15, -0.1) is 0 Å². The summed E-state index contributed by atoms with van der Waals surface area (Å²) in [5, 5.41) is 4.63. The van der Waals surface area contributed by atoms with Gasteiger partial charge < -0.3 is 19.5 Å². The molecule has 1 amide bonds. The fourth-order valence-corrected chi connectivity index (χ4v) is 4.19. The van der Waals surface area contributed by atoms with E-state index in [0.29, 0.717) is 36.8 Å². The van der Waals surface area contributed by atoms with Gasteiger partial charge >= 0.3 is 5.97 Å². The number of anilines is 1. The zero-order chi connectivity index (χ0) is 23.3. The number of hydrogen-bond donors (Lipinski definition) is 2. The van der Waals surface area contributed by atoms with Crippen LogP contribution in [0, 0.1) is 0 Å². The number of ether oxygens (including phenoxy) is 3. The van der Waals surface area contributed by atoms with Crippen molar-refractivity contribution in [2.75, 3.05) is 31.7 Å². The fourth-order valence-electron chi connectivity index (χ4n) is 3.21. The van der Waals surface area contributed by atoms with Gasteiger partial charge in [0.2, 0.25) is 10.0 Å². The van der Waals surface area contributed by atoms with E-state index < -0.39 is 35.1 Å². The average Bonchev–Trinajstić information content (AvgIpc) is 3.06. The van der Waals surface area contributed by atoms with E-state index in [9.17, 15) is 18.0 Å². The lowest BCUT2D eigenvalue weighted by Crippen LogP contribution is -2.32. The number of esters is 1. The monoisotopic (exact) mass is 470 g/mol. The van der Waals surface area contributed by atoms with Gasteiger partial charge in [0.15, 0.2) is 18.1 Å². The Kier molecular flexibility index (Phi) is 6.76. The van der Waals surface area contributed by atoms with Gasteiger partial charge in [-0.25, -0.2) is 8.42 Å². The molecule has 1 heterocycles. The Morgan fingerprint density at radius 3 is 2.48 bits per heavy atom. The van der Waals surface area contributed by atoms with E-state index in [1.54, 1.807) is 12.1 Å². The minimum absolute atomic E-state index is 0.0754. The summed E-state index contributed by atoms with van der Waals surface area (Å²) in [4.78, 5) is 24.0. The highest BCUT2D eigenvalue weighted by Crippen LogP contribution is 2.31. The van der Waals surface area contributed by atoms with Crippen LogP contribution in [0.2, 0.25) is 0 Å². The van der Waals surface area contributed by atoms with Crippen molar-refractivity contribution in [1.29, 1.82) is 0 Å². The number of amides is 1. The van der Waals surface area contributed by atoms with E-state index in [4.69, 9.17) is 14.2 Å². The Hall–Kier alpha value is -3.63. The molecule has 0 saturated heterocycles. The van der Waals surface area contributed by atoms with Gasteiger partial charge in [-0.05, 0) is 35.0 Å². The Morgan fingerprint density at radius 1 is 0.909 bits per heavy atom. The predicted octanol–water partition coefficient (Wildman–Crippen LogP) is 2.46. The minimum atomic E-state index is -4.00. The molecule has 0 aromatic heterocycles. The maximum absolute atomic E-state index is 12.5. The van der Waals surface area contributed by atoms with E-state index >= 15 is 0 Å². The normalized spacial score (nSPS) is 13.2. The standard InChI is InChI=1S/C23H22N2O7S/c26-22(25-18-7-6-16-4-1-2-5-17(16)12-18)15-32-23(27)14-24-33(28,29)19-8-9-20-21(13-19)31-11-3-10-30-20/h1-2,4-9,12-13,24H,3,10-11,14-15H2,(H,25,26). The molecule has 0 atom stereocenters. The molecule has 172 valence electrons. The summed E-state index contributed by atoms with van der Waals surface area (Å²) in [5.74, 6) is -0.641. The molecule has 10 heteroatoms. The number of nitrogens with one attached hydrogen (secondary N) is 2. The summed E-state index contributed by atoms with van der Waals surface area (Å²) >= 11 is 0. The predicted molar refractivity (Wildman–Crippen MR) is 121 cm³/mol. The number of carbonyl (C=O) groups is 2. The molecule has 0 fully saturated rings. The quantitative estimate of drug-likeness (QED) is 0.509. The van der Waals surface area contributed by atoms with Crippen molar-refractivity contribution in [1.82, 2.24) is 4.72 Å². The lowest BCUT2D eigenvalue weighted by molar-refractivity contribution is -0.146. The summed E-state index contributed by atoms with van der Waals surface area (Å²) in [6, 6.07) is 17.3. The Morgan fingerprint density at radius 2 is 1.67 bits per heavy atom. The summed E-state index contributed by atoms with van der Waals surface area (Å²) in [6.45, 7) is -0.271. The topological polar surface area (TPSA) is 120 Å². The van der Waals surface area contributed by atoms with Crippen molar-refractivity contribution >= 4 is 38.4 Å². The lowest BCUT2D eigenvalue weighted by atomic mass is 10.1. The molecule has 0 radical (unpaired) electrons. The molecule has 33 heavy (non-hydrogen) atoms. The van der Waals surface area contributed by atoms with Gasteiger partial charge in [0.25, 0.3) is 5.91 Å². The van der Waals surface area contributed by atoms with Gasteiger partial charge in [-0.1, -0.05) is 30.3 Å². The zero-order valence-corrected chi connectivity index (χ0v) is 18.4. The summed E-state index contributed by atoms with van der Waals surface area (Å²) in [6.07, 6.45) is 0.690. The molecule has 9 nitrogen and oxygen atoms in total. The van der Waals surface area contributed by atoms with Crippen LogP contribution < -0.4 is 19.5 Å². The first-order chi connectivity index (χ1) is 15.9. The van der Waals surface area contributed by atoms with Crippen LogP contribution in [-0.4, -0.2) is 46.7 Å². The summed E-state index contributed by atoms with van der Waals surface area (Å²) in [5.41, 5.74) is 0.560. The third kappa shape index (κ3) is 5.79. The third-order valence-corrected chi connectivity index (χ3v) is 6.23. The number of sulfonamides is 1. The van der Waals surface area contributed by atoms with Crippen LogP contribution in [-0.2, 0) is 24.3 Å². The maximum Gasteiger partial charge on any atom is 0.321 e. The largest absolute Gasteiger partial charge is 0.490 e. The van der Waals surface area contributed by atoms with Gasteiger partial charge in [-0.2, -0.15) is 4.72 Å². The van der Waals surface area contributed by atoms with Crippen LogP contribution in [0.25, 0.3) is 10.8 Å². The van der Waals surface area contributed by atoms with Crippen molar-refractivity contribution < 1.29 is 32.2 Å². The molecule has 0 bridgehead atoms. The molecule has 0 aliphatic carbocycles. The van der Waals surface area contributed by atoms with Gasteiger partial charge in [0.05, 0.1) is 18.1 Å². The lowest BCUT2D eigenvalue weighted by Gasteiger charge is -2.11. The second-order valence-electron chi connectivity index (χ2n) is 7.25. The van der Waals surface area contributed by atoms with Crippen LogP contribution in [0.4, 0.5) is 5.69 Å². The maximum atomic E-state index is 12.5. The van der Waals surface area contributed by atoms with Crippen LogP contribution in [0.1, 0.15) is 6.42 Å². The number of rotatable bonds is 7. The first kappa shape index (κ1) is 22.6. The SMILES string of the molecule is O=C(COC(=O)CNS(=O)(=O)c1ccc2c(c1)OCCCO2)Nc1ccc2ccccc2c1. The van der Waals surface area contributed by atoms with E-state index in [0.717, 1.165) is 10.8 Å². The van der Waals surface area contributed by atoms with E-state index in [1.807, 2.05) is 30.3 Å². The van der Waals surface area contributed by atoms with E-state index in [1.165, 1.54) is 18.2 Å². The number of hydrogen-bond acceptors (Lipinski definition) is 7. The van der Waals surface area contributed by atoms with Crippen LogP contribution >= 0.6 is 0 Å². The molecule has 3 aromatic carbocycles. The van der Waals surface area contributed by atoms with Crippen molar-refractivity contribution in [2.24, 2.45) is 0 Å². The number of fused-ring (bicyclic) bond motifs is 2. The molecule has 0 spiro atoms. The van der Waals surface area contributed by atoms with Crippen molar-refractivity contribution in [3.05, 3.63) is 60.7 Å². The smallest absolute Gasteiger partial charge is 0.321 e. The third-order valence-electron chi connectivity index (χ3n) is 4.83. The molecule has 1 aliphatic heterocycles. The number of benzene rings is 3. The second kappa shape index (κ2) is 9.88. The van der Waals surface area contributed by atoms with Crippen LogP contribution in [0.3, 0.4) is 0 Å².